The van der Waals surface area contributed by atoms with E-state index in [0.29, 0.717) is 16.1 Å². The third-order valence-electron chi connectivity index (χ3n) is 2.85. The van der Waals surface area contributed by atoms with E-state index in [9.17, 15) is 4.39 Å². The number of nitrogens with two attached hydrogens (primary N) is 1. The van der Waals surface area contributed by atoms with Crippen LogP contribution in [0.5, 0.6) is 5.75 Å². The molecule has 1 atom stereocenters. The highest BCUT2D eigenvalue weighted by atomic mass is 79.9. The Hall–Kier alpha value is -1.10. The quantitative estimate of drug-likeness (QED) is 0.901. The Kier molecular flexibility index (Phi) is 4.45. The number of rotatable bonds is 3. The Morgan fingerprint density at radius 1 is 1.26 bits per heavy atom. The van der Waals surface area contributed by atoms with Crippen LogP contribution in [0.4, 0.5) is 4.39 Å². The fourth-order valence-electron chi connectivity index (χ4n) is 1.85. The molecule has 0 amide bonds. The van der Waals surface area contributed by atoms with E-state index in [-0.39, 0.29) is 5.75 Å². The molecular formula is C14H12BrClFNO. The van der Waals surface area contributed by atoms with E-state index in [1.807, 2.05) is 6.07 Å². The molecule has 0 aliphatic rings. The summed E-state index contributed by atoms with van der Waals surface area (Å²) in [5.41, 5.74) is 7.11. The summed E-state index contributed by atoms with van der Waals surface area (Å²) in [5.74, 6) is -0.294. The van der Waals surface area contributed by atoms with E-state index >= 15 is 0 Å². The third kappa shape index (κ3) is 2.91. The van der Waals surface area contributed by atoms with Gasteiger partial charge in [0.05, 0.1) is 13.2 Å². The molecule has 2 rings (SSSR count). The summed E-state index contributed by atoms with van der Waals surface area (Å²) in [6.45, 7) is 0. The molecule has 2 aromatic carbocycles. The molecular weight excluding hydrogens is 333 g/mol. The molecule has 0 radical (unpaired) electrons. The summed E-state index contributed by atoms with van der Waals surface area (Å²) in [7, 11) is 1.42. The summed E-state index contributed by atoms with van der Waals surface area (Å²) < 4.78 is 20.0. The topological polar surface area (TPSA) is 35.2 Å². The second-order valence-corrected chi connectivity index (χ2v) is 5.33. The number of benzene rings is 2. The largest absolute Gasteiger partial charge is 0.494 e. The van der Waals surface area contributed by atoms with Gasteiger partial charge in [0.25, 0.3) is 0 Å². The molecule has 0 bridgehead atoms. The lowest BCUT2D eigenvalue weighted by Crippen LogP contribution is -2.14. The van der Waals surface area contributed by atoms with Crippen LogP contribution in [0, 0.1) is 5.82 Å². The van der Waals surface area contributed by atoms with Crippen LogP contribution in [0.1, 0.15) is 17.2 Å². The molecule has 2 aromatic rings. The van der Waals surface area contributed by atoms with Crippen LogP contribution in [-0.4, -0.2) is 7.11 Å². The van der Waals surface area contributed by atoms with Gasteiger partial charge >= 0.3 is 0 Å². The zero-order valence-corrected chi connectivity index (χ0v) is 12.5. The van der Waals surface area contributed by atoms with E-state index in [1.54, 1.807) is 30.3 Å². The molecule has 0 aliphatic carbocycles. The van der Waals surface area contributed by atoms with Crippen LogP contribution < -0.4 is 10.5 Å². The van der Waals surface area contributed by atoms with Crippen LogP contribution in [-0.2, 0) is 0 Å². The predicted molar refractivity (Wildman–Crippen MR) is 78.1 cm³/mol. The molecule has 2 N–H and O–H groups in total. The number of methoxy groups -OCH3 is 1. The van der Waals surface area contributed by atoms with E-state index in [0.717, 1.165) is 4.47 Å². The van der Waals surface area contributed by atoms with Crippen molar-refractivity contribution in [1.29, 1.82) is 0 Å². The molecule has 0 saturated carbocycles. The average molecular weight is 345 g/mol. The lowest BCUT2D eigenvalue weighted by Gasteiger charge is -2.16. The molecule has 0 spiro atoms. The van der Waals surface area contributed by atoms with E-state index in [2.05, 4.69) is 15.9 Å². The highest BCUT2D eigenvalue weighted by molar-refractivity contribution is 9.10. The Labute approximate surface area is 124 Å². The number of halogens is 3. The first kappa shape index (κ1) is 14.3. The lowest BCUT2D eigenvalue weighted by molar-refractivity contribution is 0.383. The molecule has 100 valence electrons. The standard InChI is InChI=1S/C14H12BrClFNO/c1-19-12-4-2-3-10(13(12)17)14(18)9-6-5-8(15)7-11(9)16/h2-7,14H,18H2,1H3. The molecule has 0 heterocycles. The Balaban J connectivity index is 2.47. The first-order valence-electron chi connectivity index (χ1n) is 5.57. The van der Waals surface area contributed by atoms with Crippen molar-refractivity contribution < 1.29 is 9.13 Å². The number of ether oxygens (including phenoxy) is 1. The summed E-state index contributed by atoms with van der Waals surface area (Å²) in [5, 5.41) is 0.490. The van der Waals surface area contributed by atoms with Gasteiger partial charge in [-0.2, -0.15) is 0 Å². The summed E-state index contributed by atoms with van der Waals surface area (Å²) >= 11 is 9.46. The molecule has 0 saturated heterocycles. The third-order valence-corrected chi connectivity index (χ3v) is 3.67. The molecule has 19 heavy (non-hydrogen) atoms. The van der Waals surface area contributed by atoms with Crippen LogP contribution in [0.15, 0.2) is 40.9 Å². The number of hydrogen-bond donors (Lipinski definition) is 1. The van der Waals surface area contributed by atoms with E-state index < -0.39 is 11.9 Å². The Morgan fingerprint density at radius 3 is 2.63 bits per heavy atom. The monoisotopic (exact) mass is 343 g/mol. The van der Waals surface area contributed by atoms with Crippen molar-refractivity contribution in [3.05, 3.63) is 62.8 Å². The molecule has 2 nitrogen and oxygen atoms in total. The first-order chi connectivity index (χ1) is 9.04. The maximum absolute atomic E-state index is 14.2. The van der Waals surface area contributed by atoms with Crippen LogP contribution in [0.2, 0.25) is 5.02 Å². The summed E-state index contributed by atoms with van der Waals surface area (Å²) in [6.07, 6.45) is 0. The van der Waals surface area contributed by atoms with Crippen molar-refractivity contribution in [2.24, 2.45) is 5.73 Å². The SMILES string of the molecule is COc1cccc(C(N)c2ccc(Br)cc2Cl)c1F. The normalized spacial score (nSPS) is 12.3. The summed E-state index contributed by atoms with van der Waals surface area (Å²) in [6, 6.07) is 9.56. The Morgan fingerprint density at radius 2 is 2.00 bits per heavy atom. The maximum Gasteiger partial charge on any atom is 0.170 e. The molecule has 1 unspecified atom stereocenters. The van der Waals surface area contributed by atoms with Crippen molar-refractivity contribution in [2.45, 2.75) is 6.04 Å². The van der Waals surface area contributed by atoms with Crippen molar-refractivity contribution in [1.82, 2.24) is 0 Å². The fraction of sp³-hybridized carbons (Fsp3) is 0.143. The van der Waals surface area contributed by atoms with Gasteiger partial charge in [0.1, 0.15) is 0 Å². The average Bonchev–Trinajstić information content (AvgIpc) is 2.38. The fourth-order valence-corrected chi connectivity index (χ4v) is 2.64. The van der Waals surface area contributed by atoms with Gasteiger partial charge in [-0.1, -0.05) is 45.7 Å². The second-order valence-electron chi connectivity index (χ2n) is 4.01. The summed E-state index contributed by atoms with van der Waals surface area (Å²) in [4.78, 5) is 0. The van der Waals surface area contributed by atoms with Gasteiger partial charge in [0.2, 0.25) is 0 Å². The predicted octanol–water partition coefficient (Wildman–Crippen LogP) is 4.30. The second kappa shape index (κ2) is 5.90. The van der Waals surface area contributed by atoms with Gasteiger partial charge in [0.15, 0.2) is 11.6 Å². The maximum atomic E-state index is 14.2. The lowest BCUT2D eigenvalue weighted by atomic mass is 9.99. The zero-order valence-electron chi connectivity index (χ0n) is 10.2. The molecule has 0 fully saturated rings. The van der Waals surface area contributed by atoms with Crippen LogP contribution in [0.3, 0.4) is 0 Å². The number of hydrogen-bond acceptors (Lipinski definition) is 2. The van der Waals surface area contributed by atoms with Crippen molar-refractivity contribution in [2.75, 3.05) is 7.11 Å². The van der Waals surface area contributed by atoms with Gasteiger partial charge in [-0.05, 0) is 23.8 Å². The van der Waals surface area contributed by atoms with Gasteiger partial charge in [-0.15, -0.1) is 0 Å². The highest BCUT2D eigenvalue weighted by Crippen LogP contribution is 2.32. The van der Waals surface area contributed by atoms with Crippen LogP contribution in [0.25, 0.3) is 0 Å². The van der Waals surface area contributed by atoms with Gasteiger partial charge < -0.3 is 10.5 Å². The molecule has 0 aromatic heterocycles. The Bertz CT molecular complexity index is 606. The van der Waals surface area contributed by atoms with Crippen LogP contribution >= 0.6 is 27.5 Å². The van der Waals surface area contributed by atoms with Gasteiger partial charge in [-0.25, -0.2) is 4.39 Å². The minimum absolute atomic E-state index is 0.168. The minimum atomic E-state index is -0.643. The van der Waals surface area contributed by atoms with E-state index in [1.165, 1.54) is 7.11 Å². The smallest absolute Gasteiger partial charge is 0.170 e. The zero-order chi connectivity index (χ0) is 14.0. The van der Waals surface area contributed by atoms with Gasteiger partial charge in [0, 0.05) is 15.1 Å². The minimum Gasteiger partial charge on any atom is -0.494 e. The molecule has 0 aliphatic heterocycles. The molecule has 5 heteroatoms. The van der Waals surface area contributed by atoms with Crippen molar-refractivity contribution in [3.8, 4) is 5.75 Å². The first-order valence-corrected chi connectivity index (χ1v) is 6.74. The van der Waals surface area contributed by atoms with E-state index in [4.69, 9.17) is 22.1 Å². The van der Waals surface area contributed by atoms with Crippen molar-refractivity contribution >= 4 is 27.5 Å². The highest BCUT2D eigenvalue weighted by Gasteiger charge is 2.18. The van der Waals surface area contributed by atoms with Crippen molar-refractivity contribution in [3.63, 3.8) is 0 Å². The van der Waals surface area contributed by atoms with Gasteiger partial charge in [-0.3, -0.25) is 0 Å².